The Labute approximate surface area is 111 Å². The summed E-state index contributed by atoms with van der Waals surface area (Å²) in [6.45, 7) is 1.54. The second kappa shape index (κ2) is 4.55. The first-order chi connectivity index (χ1) is 8.30. The molecule has 0 radical (unpaired) electrons. The van der Waals surface area contributed by atoms with Crippen LogP contribution in [-0.4, -0.2) is 32.3 Å². The van der Waals surface area contributed by atoms with E-state index in [2.05, 4.69) is 0 Å². The van der Waals surface area contributed by atoms with Crippen molar-refractivity contribution in [3.8, 4) is 0 Å². The van der Waals surface area contributed by atoms with Crippen molar-refractivity contribution in [2.75, 3.05) is 7.05 Å². The second-order valence-corrected chi connectivity index (χ2v) is 7.11. The molecule has 1 amide bonds. The molecule has 1 aliphatic carbocycles. The topological polar surface area (TPSA) is 54.5 Å². The standard InChI is InChI=1S/C12H14ClNO3S/c1-8(15)14(2)12-7-11(12)9-3-5-10(6-4-9)18(13,16)17/h3-6,11-12H,7H2,1-2H3/t11-,12+/m0/s1. The normalized spacial score (nSPS) is 22.6. The number of rotatable bonds is 3. The summed E-state index contributed by atoms with van der Waals surface area (Å²) < 4.78 is 22.2. The minimum Gasteiger partial charge on any atom is -0.342 e. The molecule has 18 heavy (non-hydrogen) atoms. The van der Waals surface area contributed by atoms with Crippen LogP contribution >= 0.6 is 10.7 Å². The van der Waals surface area contributed by atoms with Gasteiger partial charge in [0.15, 0.2) is 0 Å². The molecule has 0 spiro atoms. The molecular weight excluding hydrogens is 274 g/mol. The Morgan fingerprint density at radius 3 is 2.33 bits per heavy atom. The van der Waals surface area contributed by atoms with Crippen LogP contribution in [0, 0.1) is 0 Å². The van der Waals surface area contributed by atoms with Gasteiger partial charge in [0.25, 0.3) is 9.05 Å². The lowest BCUT2D eigenvalue weighted by Gasteiger charge is -2.14. The first kappa shape index (κ1) is 13.4. The Bertz CT molecular complexity index is 567. The Balaban J connectivity index is 2.12. The quantitative estimate of drug-likeness (QED) is 0.799. The summed E-state index contributed by atoms with van der Waals surface area (Å²) in [6.07, 6.45) is 0.920. The molecule has 0 N–H and O–H groups in total. The van der Waals surface area contributed by atoms with Crippen LogP contribution in [0.5, 0.6) is 0 Å². The van der Waals surface area contributed by atoms with Crippen LogP contribution in [0.4, 0.5) is 0 Å². The molecule has 0 saturated heterocycles. The highest BCUT2D eigenvalue weighted by Gasteiger charge is 2.42. The maximum Gasteiger partial charge on any atom is 0.261 e. The minimum absolute atomic E-state index is 0.0439. The Morgan fingerprint density at radius 1 is 1.33 bits per heavy atom. The van der Waals surface area contributed by atoms with E-state index >= 15 is 0 Å². The van der Waals surface area contributed by atoms with E-state index in [0.717, 1.165) is 12.0 Å². The number of amides is 1. The summed E-state index contributed by atoms with van der Waals surface area (Å²) in [6, 6.07) is 6.74. The van der Waals surface area contributed by atoms with Crippen molar-refractivity contribution in [3.63, 3.8) is 0 Å². The molecule has 0 heterocycles. The first-order valence-electron chi connectivity index (χ1n) is 5.58. The molecule has 1 aromatic rings. The van der Waals surface area contributed by atoms with Crippen LogP contribution in [0.25, 0.3) is 0 Å². The van der Waals surface area contributed by atoms with Gasteiger partial charge in [-0.05, 0) is 24.1 Å². The molecule has 6 heteroatoms. The van der Waals surface area contributed by atoms with E-state index in [1.54, 1.807) is 31.0 Å². The number of benzene rings is 1. The summed E-state index contributed by atoms with van der Waals surface area (Å²) in [4.78, 5) is 13.0. The average Bonchev–Trinajstić information content (AvgIpc) is 3.07. The minimum atomic E-state index is -3.66. The van der Waals surface area contributed by atoms with E-state index in [4.69, 9.17) is 10.7 Å². The molecule has 0 aromatic heterocycles. The highest BCUT2D eigenvalue weighted by Crippen LogP contribution is 2.44. The highest BCUT2D eigenvalue weighted by molar-refractivity contribution is 8.13. The summed E-state index contributed by atoms with van der Waals surface area (Å²) in [5.41, 5.74) is 1.04. The number of likely N-dealkylation sites (N-methyl/N-ethyl adjacent to an activating group) is 1. The van der Waals surface area contributed by atoms with Crippen LogP contribution in [0.1, 0.15) is 24.8 Å². The fourth-order valence-corrected chi connectivity index (χ4v) is 2.85. The summed E-state index contributed by atoms with van der Waals surface area (Å²) >= 11 is 0. The molecule has 1 aromatic carbocycles. The third-order valence-electron chi connectivity index (χ3n) is 3.34. The number of hydrogen-bond acceptors (Lipinski definition) is 3. The van der Waals surface area contributed by atoms with Gasteiger partial charge in [0.05, 0.1) is 4.90 Å². The highest BCUT2D eigenvalue weighted by atomic mass is 35.7. The molecule has 2 rings (SSSR count). The molecule has 98 valence electrons. The fourth-order valence-electron chi connectivity index (χ4n) is 2.08. The SMILES string of the molecule is CC(=O)N(C)[C@@H]1C[C@H]1c1ccc(S(=O)(=O)Cl)cc1. The molecule has 0 bridgehead atoms. The predicted molar refractivity (Wildman–Crippen MR) is 69.1 cm³/mol. The van der Waals surface area contributed by atoms with Gasteiger partial charge < -0.3 is 4.90 Å². The van der Waals surface area contributed by atoms with Gasteiger partial charge in [-0.2, -0.15) is 0 Å². The van der Waals surface area contributed by atoms with Crippen molar-refractivity contribution in [3.05, 3.63) is 29.8 Å². The van der Waals surface area contributed by atoms with Gasteiger partial charge in [0.2, 0.25) is 5.91 Å². The summed E-state index contributed by atoms with van der Waals surface area (Å²) in [7, 11) is 3.37. The third kappa shape index (κ3) is 2.67. The lowest BCUT2D eigenvalue weighted by molar-refractivity contribution is -0.128. The number of nitrogens with zero attached hydrogens (tertiary/aromatic N) is 1. The zero-order valence-corrected chi connectivity index (χ0v) is 11.7. The molecule has 2 atom stereocenters. The van der Waals surface area contributed by atoms with Crippen LogP contribution in [-0.2, 0) is 13.8 Å². The van der Waals surface area contributed by atoms with Gasteiger partial charge >= 0.3 is 0 Å². The smallest absolute Gasteiger partial charge is 0.261 e. The van der Waals surface area contributed by atoms with E-state index < -0.39 is 9.05 Å². The third-order valence-corrected chi connectivity index (χ3v) is 4.71. The maximum absolute atomic E-state index is 11.2. The van der Waals surface area contributed by atoms with Crippen molar-refractivity contribution >= 4 is 25.6 Å². The van der Waals surface area contributed by atoms with Gasteiger partial charge in [-0.25, -0.2) is 8.42 Å². The number of carbonyl (C=O) groups is 1. The van der Waals surface area contributed by atoms with E-state index in [-0.39, 0.29) is 16.8 Å². The van der Waals surface area contributed by atoms with Gasteiger partial charge in [-0.15, -0.1) is 0 Å². The number of halogens is 1. The Kier molecular flexibility index (Phi) is 3.38. The first-order valence-corrected chi connectivity index (χ1v) is 7.89. The van der Waals surface area contributed by atoms with Crippen molar-refractivity contribution < 1.29 is 13.2 Å². The largest absolute Gasteiger partial charge is 0.342 e. The summed E-state index contributed by atoms with van der Waals surface area (Å²) in [5.74, 6) is 0.341. The van der Waals surface area contributed by atoms with Crippen molar-refractivity contribution in [2.45, 2.75) is 30.2 Å². The maximum atomic E-state index is 11.2. The average molecular weight is 288 g/mol. The van der Waals surface area contributed by atoms with Crippen molar-refractivity contribution in [1.29, 1.82) is 0 Å². The van der Waals surface area contributed by atoms with Crippen molar-refractivity contribution in [2.24, 2.45) is 0 Å². The fraction of sp³-hybridized carbons (Fsp3) is 0.417. The van der Waals surface area contributed by atoms with Gasteiger partial charge in [-0.3, -0.25) is 4.79 Å². The van der Waals surface area contributed by atoms with E-state index in [1.165, 1.54) is 12.1 Å². The zero-order valence-electron chi connectivity index (χ0n) is 10.1. The molecule has 4 nitrogen and oxygen atoms in total. The van der Waals surface area contributed by atoms with Crippen LogP contribution in [0.15, 0.2) is 29.2 Å². The van der Waals surface area contributed by atoms with Crippen LogP contribution < -0.4 is 0 Å². The lowest BCUT2D eigenvalue weighted by Crippen LogP contribution is -2.26. The van der Waals surface area contributed by atoms with Gasteiger partial charge in [0.1, 0.15) is 0 Å². The summed E-state index contributed by atoms with van der Waals surface area (Å²) in [5, 5.41) is 0. The Morgan fingerprint density at radius 2 is 1.89 bits per heavy atom. The van der Waals surface area contributed by atoms with Crippen LogP contribution in [0.3, 0.4) is 0 Å². The number of hydrogen-bond donors (Lipinski definition) is 0. The zero-order chi connectivity index (χ0) is 13.5. The van der Waals surface area contributed by atoms with E-state index in [1.807, 2.05) is 0 Å². The molecule has 1 aliphatic rings. The van der Waals surface area contributed by atoms with E-state index in [0.29, 0.717) is 5.92 Å². The van der Waals surface area contributed by atoms with Gasteiger partial charge in [-0.1, -0.05) is 12.1 Å². The van der Waals surface area contributed by atoms with Crippen molar-refractivity contribution in [1.82, 2.24) is 4.90 Å². The predicted octanol–water partition coefficient (Wildman–Crippen LogP) is 1.95. The van der Waals surface area contributed by atoms with E-state index in [9.17, 15) is 13.2 Å². The second-order valence-electron chi connectivity index (χ2n) is 4.55. The lowest BCUT2D eigenvalue weighted by atomic mass is 10.1. The van der Waals surface area contributed by atoms with Gasteiger partial charge in [0, 0.05) is 36.6 Å². The molecule has 0 aliphatic heterocycles. The monoisotopic (exact) mass is 287 g/mol. The molecule has 1 fully saturated rings. The molecular formula is C12H14ClNO3S. The molecule has 1 saturated carbocycles. The Hall–Kier alpha value is -1.07. The number of carbonyl (C=O) groups excluding carboxylic acids is 1. The molecule has 0 unspecified atom stereocenters. The van der Waals surface area contributed by atoms with Crippen LogP contribution in [0.2, 0.25) is 0 Å².